The first-order chi connectivity index (χ1) is 15.0. The predicted molar refractivity (Wildman–Crippen MR) is 121 cm³/mol. The number of carbonyl (C=O) groups is 1. The molecule has 0 bridgehead atoms. The number of hydrogen-bond acceptors (Lipinski definition) is 3. The molecule has 0 aliphatic heterocycles. The minimum atomic E-state index is -0.451. The van der Waals surface area contributed by atoms with Gasteiger partial charge in [-0.3, -0.25) is 0 Å². The highest BCUT2D eigenvalue weighted by Gasteiger charge is 2.13. The van der Waals surface area contributed by atoms with E-state index in [1.54, 1.807) is 30.3 Å². The van der Waals surface area contributed by atoms with Crippen molar-refractivity contribution >= 4 is 39.9 Å². The summed E-state index contributed by atoms with van der Waals surface area (Å²) in [5.41, 5.74) is 3.63. The van der Waals surface area contributed by atoms with Gasteiger partial charge in [0.25, 0.3) is 0 Å². The highest BCUT2D eigenvalue weighted by Crippen LogP contribution is 2.36. The van der Waals surface area contributed by atoms with Gasteiger partial charge in [-0.1, -0.05) is 23.7 Å². The molecule has 0 aliphatic rings. The van der Waals surface area contributed by atoms with E-state index >= 15 is 0 Å². The lowest BCUT2D eigenvalue weighted by Gasteiger charge is -2.13. The Kier molecular flexibility index (Phi) is 5.68. The van der Waals surface area contributed by atoms with E-state index in [0.717, 1.165) is 22.2 Å². The Morgan fingerprint density at radius 3 is 2.39 bits per heavy atom. The molecule has 4 rings (SSSR count). The van der Waals surface area contributed by atoms with Crippen molar-refractivity contribution in [2.24, 2.45) is 0 Å². The second kappa shape index (κ2) is 8.57. The van der Waals surface area contributed by atoms with Gasteiger partial charge in [0, 0.05) is 28.4 Å². The van der Waals surface area contributed by atoms with Crippen LogP contribution in [0.5, 0.6) is 11.5 Å². The van der Waals surface area contributed by atoms with Crippen molar-refractivity contribution in [2.75, 3.05) is 24.9 Å². The van der Waals surface area contributed by atoms with E-state index in [2.05, 4.69) is 15.6 Å². The van der Waals surface area contributed by atoms with Crippen LogP contribution in [-0.4, -0.2) is 25.2 Å². The Bertz CT molecular complexity index is 1260. The molecule has 3 N–H and O–H groups in total. The quantitative estimate of drug-likeness (QED) is 0.342. The number of aromatic amines is 1. The third-order valence-corrected chi connectivity index (χ3v) is 5.05. The van der Waals surface area contributed by atoms with E-state index in [1.807, 2.05) is 18.2 Å². The Hall–Kier alpha value is -3.71. The van der Waals surface area contributed by atoms with Gasteiger partial charge in [0.05, 0.1) is 24.9 Å². The Labute approximate surface area is 182 Å². The molecule has 3 aromatic carbocycles. The molecule has 0 saturated carbocycles. The molecule has 6 nitrogen and oxygen atoms in total. The normalized spacial score (nSPS) is 10.7. The summed E-state index contributed by atoms with van der Waals surface area (Å²) >= 11 is 6.14. The lowest BCUT2D eigenvalue weighted by Crippen LogP contribution is -2.19. The molecule has 2 amide bonds. The molecule has 1 aromatic heterocycles. The average Bonchev–Trinajstić information content (AvgIpc) is 3.17. The number of aromatic nitrogens is 1. The van der Waals surface area contributed by atoms with Gasteiger partial charge < -0.3 is 25.1 Å². The van der Waals surface area contributed by atoms with Crippen molar-refractivity contribution in [3.63, 3.8) is 0 Å². The number of urea groups is 1. The summed E-state index contributed by atoms with van der Waals surface area (Å²) in [6.07, 6.45) is 0. The zero-order valence-corrected chi connectivity index (χ0v) is 17.5. The van der Waals surface area contributed by atoms with E-state index in [0.29, 0.717) is 27.9 Å². The lowest BCUT2D eigenvalue weighted by molar-refractivity contribution is 0.262. The number of halogens is 2. The Balaban J connectivity index is 1.47. The number of H-pyrrole nitrogens is 1. The van der Waals surface area contributed by atoms with Crippen molar-refractivity contribution in [2.45, 2.75) is 0 Å². The summed E-state index contributed by atoms with van der Waals surface area (Å²) in [7, 11) is 2.99. The highest BCUT2D eigenvalue weighted by atomic mass is 35.5. The standard InChI is InChI=1S/C23H19ClFN3O3/c1-30-21-12-22(31-2)20(11-17(21)24)28-23(29)26-16-6-3-13(4-7-16)19-10-14-9-15(25)5-8-18(14)27-19/h3-12,27H,1-2H3,(H2,26,28,29). The molecular weight excluding hydrogens is 421 g/mol. The number of rotatable bonds is 5. The number of fused-ring (bicyclic) bond motifs is 1. The molecule has 1 heterocycles. The summed E-state index contributed by atoms with van der Waals surface area (Å²) in [6, 6.07) is 16.5. The monoisotopic (exact) mass is 439 g/mol. The van der Waals surface area contributed by atoms with Crippen molar-refractivity contribution in [3.8, 4) is 22.8 Å². The van der Waals surface area contributed by atoms with Gasteiger partial charge in [-0.2, -0.15) is 0 Å². The first-order valence-corrected chi connectivity index (χ1v) is 9.73. The first kappa shape index (κ1) is 20.6. The third-order valence-electron chi connectivity index (χ3n) is 4.76. The van der Waals surface area contributed by atoms with Gasteiger partial charge in [-0.15, -0.1) is 0 Å². The van der Waals surface area contributed by atoms with Crippen molar-refractivity contribution in [1.29, 1.82) is 0 Å². The molecular formula is C23H19ClFN3O3. The maximum absolute atomic E-state index is 13.4. The zero-order valence-electron chi connectivity index (χ0n) is 16.8. The first-order valence-electron chi connectivity index (χ1n) is 9.35. The molecule has 0 atom stereocenters. The minimum Gasteiger partial charge on any atom is -0.495 e. The molecule has 31 heavy (non-hydrogen) atoms. The van der Waals surface area contributed by atoms with Crippen LogP contribution in [0, 0.1) is 5.82 Å². The Morgan fingerprint density at radius 2 is 1.68 bits per heavy atom. The topological polar surface area (TPSA) is 75.4 Å². The van der Waals surface area contributed by atoms with Crippen LogP contribution < -0.4 is 20.1 Å². The van der Waals surface area contributed by atoms with Crippen LogP contribution in [0.4, 0.5) is 20.6 Å². The molecule has 0 fully saturated rings. The SMILES string of the molecule is COc1cc(OC)c(NC(=O)Nc2ccc(-c3cc4cc(F)ccc4[nH]3)cc2)cc1Cl. The number of hydrogen-bond donors (Lipinski definition) is 3. The van der Waals surface area contributed by atoms with Gasteiger partial charge in [0.2, 0.25) is 0 Å². The van der Waals surface area contributed by atoms with Crippen LogP contribution in [0.1, 0.15) is 0 Å². The summed E-state index contributed by atoms with van der Waals surface area (Å²) < 4.78 is 23.8. The summed E-state index contributed by atoms with van der Waals surface area (Å²) in [6.45, 7) is 0. The van der Waals surface area contributed by atoms with Crippen molar-refractivity contribution < 1.29 is 18.7 Å². The predicted octanol–water partition coefficient (Wildman–Crippen LogP) is 6.29. The molecule has 0 radical (unpaired) electrons. The summed E-state index contributed by atoms with van der Waals surface area (Å²) in [5, 5.41) is 6.62. The van der Waals surface area contributed by atoms with Crippen LogP contribution in [0.15, 0.2) is 60.7 Å². The zero-order chi connectivity index (χ0) is 22.0. The van der Waals surface area contributed by atoms with E-state index < -0.39 is 6.03 Å². The number of benzene rings is 3. The molecule has 8 heteroatoms. The number of carbonyl (C=O) groups excluding carboxylic acids is 1. The van der Waals surface area contributed by atoms with E-state index in [-0.39, 0.29) is 5.82 Å². The molecule has 0 saturated heterocycles. The number of amides is 2. The van der Waals surface area contributed by atoms with Crippen LogP contribution in [-0.2, 0) is 0 Å². The lowest BCUT2D eigenvalue weighted by atomic mass is 10.1. The fraction of sp³-hybridized carbons (Fsp3) is 0.0870. The van der Waals surface area contributed by atoms with Gasteiger partial charge in [-0.05, 0) is 48.0 Å². The molecule has 4 aromatic rings. The average molecular weight is 440 g/mol. The minimum absolute atomic E-state index is 0.279. The van der Waals surface area contributed by atoms with Gasteiger partial charge >= 0.3 is 6.03 Å². The van der Waals surface area contributed by atoms with Gasteiger partial charge in [0.1, 0.15) is 17.3 Å². The van der Waals surface area contributed by atoms with Crippen LogP contribution in [0.25, 0.3) is 22.2 Å². The molecule has 158 valence electrons. The third kappa shape index (κ3) is 4.41. The second-order valence-corrected chi connectivity index (χ2v) is 7.17. The van der Waals surface area contributed by atoms with Crippen LogP contribution in [0.2, 0.25) is 5.02 Å². The fourth-order valence-corrected chi connectivity index (χ4v) is 3.48. The largest absolute Gasteiger partial charge is 0.495 e. The maximum Gasteiger partial charge on any atom is 0.323 e. The summed E-state index contributed by atoms with van der Waals surface area (Å²) in [5.74, 6) is 0.583. The second-order valence-electron chi connectivity index (χ2n) is 6.76. The number of nitrogens with one attached hydrogen (secondary N) is 3. The number of ether oxygens (including phenoxy) is 2. The van der Waals surface area contributed by atoms with E-state index in [1.165, 1.54) is 26.4 Å². The van der Waals surface area contributed by atoms with Gasteiger partial charge in [0.15, 0.2) is 0 Å². The highest BCUT2D eigenvalue weighted by molar-refractivity contribution is 6.32. The van der Waals surface area contributed by atoms with Crippen molar-refractivity contribution in [3.05, 3.63) is 71.5 Å². The molecule has 0 aliphatic carbocycles. The molecule has 0 spiro atoms. The van der Waals surface area contributed by atoms with Crippen LogP contribution in [0.3, 0.4) is 0 Å². The van der Waals surface area contributed by atoms with Crippen molar-refractivity contribution in [1.82, 2.24) is 4.98 Å². The Morgan fingerprint density at radius 1 is 0.935 bits per heavy atom. The number of anilines is 2. The van der Waals surface area contributed by atoms with Crippen LogP contribution >= 0.6 is 11.6 Å². The van der Waals surface area contributed by atoms with E-state index in [9.17, 15) is 9.18 Å². The molecule has 0 unspecified atom stereocenters. The smallest absolute Gasteiger partial charge is 0.323 e. The van der Waals surface area contributed by atoms with Gasteiger partial charge in [-0.25, -0.2) is 9.18 Å². The number of methoxy groups -OCH3 is 2. The fourth-order valence-electron chi connectivity index (χ4n) is 3.23. The summed E-state index contributed by atoms with van der Waals surface area (Å²) in [4.78, 5) is 15.7. The maximum atomic E-state index is 13.4. The van der Waals surface area contributed by atoms with E-state index in [4.69, 9.17) is 21.1 Å².